The molecule has 0 bridgehead atoms. The molecule has 0 aliphatic carbocycles. The van der Waals surface area contributed by atoms with Gasteiger partial charge >= 0.3 is 0 Å². The Bertz CT molecular complexity index is 1350. The van der Waals surface area contributed by atoms with Gasteiger partial charge in [0, 0.05) is 12.3 Å². The van der Waals surface area contributed by atoms with Gasteiger partial charge in [-0.15, -0.1) is 21.5 Å². The van der Waals surface area contributed by atoms with Crippen LogP contribution in [0.25, 0.3) is 16.0 Å². The van der Waals surface area contributed by atoms with Crippen LogP contribution in [0.3, 0.4) is 0 Å². The van der Waals surface area contributed by atoms with Crippen LogP contribution in [-0.2, 0) is 16.1 Å². The average Bonchev–Trinajstić information content (AvgIpc) is 3.56. The lowest BCUT2D eigenvalue weighted by atomic mass is 10.0. The van der Waals surface area contributed by atoms with E-state index in [-0.39, 0.29) is 23.3 Å². The van der Waals surface area contributed by atoms with Crippen molar-refractivity contribution in [2.24, 2.45) is 0 Å². The molecule has 8 nitrogen and oxygen atoms in total. The van der Waals surface area contributed by atoms with E-state index in [0.717, 1.165) is 30.7 Å². The van der Waals surface area contributed by atoms with Crippen molar-refractivity contribution in [3.8, 4) is 0 Å². The average molecular weight is 484 g/mol. The van der Waals surface area contributed by atoms with Crippen LogP contribution in [0.15, 0.2) is 45.7 Å². The number of nitrogens with one attached hydrogen (secondary N) is 1. The summed E-state index contributed by atoms with van der Waals surface area (Å²) in [6, 6.07) is 9.79. The lowest BCUT2D eigenvalue weighted by Gasteiger charge is -2.13. The van der Waals surface area contributed by atoms with Crippen molar-refractivity contribution in [2.45, 2.75) is 50.4 Å². The van der Waals surface area contributed by atoms with Gasteiger partial charge in [0.2, 0.25) is 11.7 Å². The zero-order valence-corrected chi connectivity index (χ0v) is 20.1. The number of hydrogen-bond donors (Lipinski definition) is 1. The Balaban J connectivity index is 1.38. The van der Waals surface area contributed by atoms with Gasteiger partial charge in [0.15, 0.2) is 5.16 Å². The second kappa shape index (κ2) is 9.28. The Morgan fingerprint density at radius 1 is 1.27 bits per heavy atom. The van der Waals surface area contributed by atoms with E-state index >= 15 is 0 Å². The first-order valence-corrected chi connectivity index (χ1v) is 12.9. The minimum absolute atomic E-state index is 0.00424. The Morgan fingerprint density at radius 2 is 2.09 bits per heavy atom. The fourth-order valence-corrected chi connectivity index (χ4v) is 5.59. The van der Waals surface area contributed by atoms with Gasteiger partial charge < -0.3 is 10.1 Å². The summed E-state index contributed by atoms with van der Waals surface area (Å²) in [7, 11) is 0. The van der Waals surface area contributed by atoms with E-state index in [2.05, 4.69) is 29.4 Å². The van der Waals surface area contributed by atoms with Crippen molar-refractivity contribution in [3.05, 3.63) is 51.6 Å². The first-order chi connectivity index (χ1) is 16.0. The highest BCUT2D eigenvalue weighted by atomic mass is 32.2. The number of ether oxygens (including phenoxy) is 1. The number of aromatic nitrogens is 4. The molecular formula is C23H25N5O3S2. The van der Waals surface area contributed by atoms with Crippen LogP contribution in [0.2, 0.25) is 0 Å². The molecule has 0 saturated carbocycles. The van der Waals surface area contributed by atoms with E-state index in [1.54, 1.807) is 4.57 Å². The van der Waals surface area contributed by atoms with Crippen molar-refractivity contribution in [1.29, 1.82) is 0 Å². The minimum atomic E-state index is -0.122. The maximum atomic E-state index is 13.1. The topological polar surface area (TPSA) is 90.5 Å². The molecule has 10 heteroatoms. The molecule has 1 N–H and O–H groups in total. The van der Waals surface area contributed by atoms with Crippen LogP contribution in [0.4, 0.5) is 5.69 Å². The molecule has 1 atom stereocenters. The number of carbonyl (C=O) groups excluding carboxylic acids is 1. The summed E-state index contributed by atoms with van der Waals surface area (Å²) >= 11 is 2.71. The summed E-state index contributed by atoms with van der Waals surface area (Å²) in [4.78, 5) is 25.7. The Labute approximate surface area is 199 Å². The third-order valence-electron chi connectivity index (χ3n) is 5.79. The van der Waals surface area contributed by atoms with Gasteiger partial charge in [-0.05, 0) is 47.9 Å². The molecule has 1 saturated heterocycles. The summed E-state index contributed by atoms with van der Waals surface area (Å²) < 4.78 is 9.92. The SMILES string of the molecule is CC(C)c1ccc(NC(=O)CSc2nnc3n(C[C@@H]4CCCO4)c(=O)c4sccc4n23)cc1. The molecule has 33 heavy (non-hydrogen) atoms. The van der Waals surface area contributed by atoms with Crippen molar-refractivity contribution in [1.82, 2.24) is 19.2 Å². The highest BCUT2D eigenvalue weighted by Crippen LogP contribution is 2.25. The summed E-state index contributed by atoms with van der Waals surface area (Å²) in [5.74, 6) is 0.985. The number of fused-ring (bicyclic) bond motifs is 3. The molecule has 1 fully saturated rings. The first-order valence-electron chi connectivity index (χ1n) is 11.0. The van der Waals surface area contributed by atoms with Gasteiger partial charge in [0.1, 0.15) is 4.70 Å². The number of carbonyl (C=O) groups is 1. The Kier molecular flexibility index (Phi) is 6.22. The number of anilines is 1. The predicted octanol–water partition coefficient (Wildman–Crippen LogP) is 4.14. The Morgan fingerprint density at radius 3 is 2.82 bits per heavy atom. The molecule has 4 heterocycles. The zero-order valence-electron chi connectivity index (χ0n) is 18.5. The van der Waals surface area contributed by atoms with Gasteiger partial charge in [-0.3, -0.25) is 18.6 Å². The highest BCUT2D eigenvalue weighted by Gasteiger charge is 2.23. The molecule has 1 aliphatic rings. The third-order valence-corrected chi connectivity index (χ3v) is 7.61. The van der Waals surface area contributed by atoms with Crippen molar-refractivity contribution < 1.29 is 9.53 Å². The fraction of sp³-hybridized carbons (Fsp3) is 0.391. The molecule has 3 aromatic heterocycles. The minimum Gasteiger partial charge on any atom is -0.376 e. The van der Waals surface area contributed by atoms with Gasteiger partial charge in [0.05, 0.1) is 23.9 Å². The quantitative estimate of drug-likeness (QED) is 0.397. The van der Waals surface area contributed by atoms with E-state index in [1.807, 2.05) is 40.1 Å². The number of thiophene rings is 1. The molecule has 0 unspecified atom stereocenters. The maximum Gasteiger partial charge on any atom is 0.272 e. The van der Waals surface area contributed by atoms with Crippen LogP contribution in [0.5, 0.6) is 0 Å². The van der Waals surface area contributed by atoms with Crippen LogP contribution in [-0.4, -0.2) is 43.5 Å². The van der Waals surface area contributed by atoms with Crippen LogP contribution in [0.1, 0.15) is 38.2 Å². The summed E-state index contributed by atoms with van der Waals surface area (Å²) in [6.07, 6.45) is 1.93. The lowest BCUT2D eigenvalue weighted by molar-refractivity contribution is -0.113. The summed E-state index contributed by atoms with van der Waals surface area (Å²) in [5, 5.41) is 14.0. The lowest BCUT2D eigenvalue weighted by Crippen LogP contribution is -2.28. The normalized spacial score (nSPS) is 16.3. The van der Waals surface area contributed by atoms with Crippen LogP contribution in [0, 0.1) is 0 Å². The smallest absolute Gasteiger partial charge is 0.272 e. The summed E-state index contributed by atoms with van der Waals surface area (Å²) in [6.45, 7) is 5.45. The van der Waals surface area contributed by atoms with Crippen LogP contribution < -0.4 is 10.9 Å². The fourth-order valence-electron chi connectivity index (χ4n) is 4.03. The van der Waals surface area contributed by atoms with Gasteiger partial charge in [-0.2, -0.15) is 0 Å². The molecule has 1 amide bonds. The van der Waals surface area contributed by atoms with E-state index in [4.69, 9.17) is 4.74 Å². The monoisotopic (exact) mass is 483 g/mol. The molecule has 4 aromatic rings. The summed E-state index contributed by atoms with van der Waals surface area (Å²) in [5.41, 5.74) is 2.68. The number of rotatable bonds is 7. The number of benzene rings is 1. The van der Waals surface area contributed by atoms with Gasteiger partial charge in [0.25, 0.3) is 5.56 Å². The molecule has 1 aliphatic heterocycles. The Hall–Kier alpha value is -2.69. The van der Waals surface area contributed by atoms with Crippen molar-refractivity contribution in [3.63, 3.8) is 0 Å². The maximum absolute atomic E-state index is 13.1. The first kappa shape index (κ1) is 22.1. The zero-order chi connectivity index (χ0) is 22.9. The standard InChI is InChI=1S/C23H25N5O3S2/c1-14(2)15-5-7-16(8-6-15)24-19(29)13-33-23-26-25-22-27(12-17-4-3-10-31-17)21(30)20-18(28(22)23)9-11-32-20/h5-9,11,14,17H,3-4,10,12-13H2,1-2H3,(H,24,29)/t17-/m0/s1. The predicted molar refractivity (Wildman–Crippen MR) is 131 cm³/mol. The molecule has 1 aromatic carbocycles. The van der Waals surface area contributed by atoms with E-state index in [1.165, 1.54) is 28.7 Å². The molecule has 0 radical (unpaired) electrons. The van der Waals surface area contributed by atoms with Crippen molar-refractivity contribution in [2.75, 3.05) is 17.7 Å². The third kappa shape index (κ3) is 4.42. The number of amides is 1. The number of nitrogens with zero attached hydrogens (tertiary/aromatic N) is 4. The largest absolute Gasteiger partial charge is 0.376 e. The molecular weight excluding hydrogens is 458 g/mol. The van der Waals surface area contributed by atoms with Crippen LogP contribution >= 0.6 is 23.1 Å². The van der Waals surface area contributed by atoms with E-state index in [9.17, 15) is 9.59 Å². The number of thioether (sulfide) groups is 1. The number of hydrogen-bond acceptors (Lipinski definition) is 7. The second-order valence-electron chi connectivity index (χ2n) is 8.42. The van der Waals surface area contributed by atoms with Gasteiger partial charge in [-0.1, -0.05) is 37.7 Å². The van der Waals surface area contributed by atoms with Gasteiger partial charge in [-0.25, -0.2) is 0 Å². The molecule has 5 rings (SSSR count). The van der Waals surface area contributed by atoms with E-state index in [0.29, 0.717) is 28.1 Å². The highest BCUT2D eigenvalue weighted by molar-refractivity contribution is 7.99. The second-order valence-corrected chi connectivity index (χ2v) is 10.3. The van der Waals surface area contributed by atoms with E-state index < -0.39 is 0 Å². The molecule has 172 valence electrons. The molecule has 0 spiro atoms. The van der Waals surface area contributed by atoms with Crippen molar-refractivity contribution >= 4 is 50.7 Å².